The van der Waals surface area contributed by atoms with Crippen molar-refractivity contribution in [1.82, 2.24) is 0 Å². The van der Waals surface area contributed by atoms with Crippen LogP contribution in [0.4, 0.5) is 0 Å². The fourth-order valence-corrected chi connectivity index (χ4v) is 2.36. The van der Waals surface area contributed by atoms with Crippen molar-refractivity contribution in [2.45, 2.75) is 12.8 Å². The predicted octanol–water partition coefficient (Wildman–Crippen LogP) is 0.306. The molecule has 4 nitrogen and oxygen atoms in total. The molecule has 2 unspecified atom stereocenters. The van der Waals surface area contributed by atoms with E-state index in [4.69, 9.17) is 0 Å². The van der Waals surface area contributed by atoms with Crippen LogP contribution >= 0.6 is 0 Å². The van der Waals surface area contributed by atoms with Gasteiger partial charge in [-0.15, -0.1) is 0 Å². The summed E-state index contributed by atoms with van der Waals surface area (Å²) in [6.45, 7) is 0. The molecule has 0 aliphatic heterocycles. The van der Waals surface area contributed by atoms with Gasteiger partial charge in [0.15, 0.2) is 0 Å². The fourth-order valence-electron chi connectivity index (χ4n) is 0.935. The average molecular weight is 206 g/mol. The van der Waals surface area contributed by atoms with Gasteiger partial charge >= 0.3 is 0 Å². The molecule has 0 spiro atoms. The van der Waals surface area contributed by atoms with Gasteiger partial charge in [-0.2, -0.15) is 0 Å². The summed E-state index contributed by atoms with van der Waals surface area (Å²) < 4.78 is 42.0. The van der Waals surface area contributed by atoms with Gasteiger partial charge < -0.3 is 9.11 Å². The fraction of sp³-hybridized carbons (Fsp3) is 0.333. The highest BCUT2D eigenvalue weighted by molar-refractivity contribution is 7.87. The van der Waals surface area contributed by atoms with Gasteiger partial charge in [0.2, 0.25) is 0 Å². The third kappa shape index (κ3) is 2.10. The lowest BCUT2D eigenvalue weighted by Crippen LogP contribution is -2.05. The molecule has 1 aliphatic carbocycles. The van der Waals surface area contributed by atoms with E-state index in [0.717, 1.165) is 0 Å². The van der Waals surface area contributed by atoms with Crippen molar-refractivity contribution in [2.75, 3.05) is 0 Å². The van der Waals surface area contributed by atoms with E-state index in [2.05, 4.69) is 0 Å². The van der Waals surface area contributed by atoms with Crippen LogP contribution in [-0.4, -0.2) is 17.5 Å². The lowest BCUT2D eigenvalue weighted by molar-refractivity contribution is 0.536. The predicted molar refractivity (Wildman–Crippen MR) is 43.2 cm³/mol. The largest absolute Gasteiger partial charge is 0.769 e. The molecular formula is C6H6O4S2-2. The average Bonchev–Trinajstić information content (AvgIpc) is 2.04. The highest BCUT2D eigenvalue weighted by atomic mass is 32.2. The first-order valence-corrected chi connectivity index (χ1v) is 5.36. The normalized spacial score (nSPS) is 22.5. The summed E-state index contributed by atoms with van der Waals surface area (Å²) in [4.78, 5) is -0.139. The van der Waals surface area contributed by atoms with Crippen LogP contribution in [0.3, 0.4) is 0 Å². The van der Waals surface area contributed by atoms with Gasteiger partial charge in [-0.25, -0.2) is 0 Å². The monoisotopic (exact) mass is 206 g/mol. The standard InChI is InChI=1S/C6H8O4S2/c7-11(8)5-3-1-2-4-6(5)12(9)10/h1,3H,2,4H2,(H,7,8)(H,9,10)/p-2. The summed E-state index contributed by atoms with van der Waals surface area (Å²) in [5.41, 5.74) is 0. The van der Waals surface area contributed by atoms with E-state index in [-0.39, 0.29) is 16.2 Å². The summed E-state index contributed by atoms with van der Waals surface area (Å²) >= 11 is -4.87. The second kappa shape index (κ2) is 4.08. The van der Waals surface area contributed by atoms with E-state index in [0.29, 0.717) is 6.42 Å². The van der Waals surface area contributed by atoms with E-state index in [9.17, 15) is 17.5 Å². The molecule has 6 heteroatoms. The van der Waals surface area contributed by atoms with Crippen LogP contribution in [0, 0.1) is 0 Å². The molecule has 68 valence electrons. The Morgan fingerprint density at radius 2 is 1.92 bits per heavy atom. The molecule has 2 atom stereocenters. The van der Waals surface area contributed by atoms with E-state index < -0.39 is 22.2 Å². The summed E-state index contributed by atoms with van der Waals surface area (Å²) in [6, 6.07) is 0. The molecule has 0 saturated heterocycles. The van der Waals surface area contributed by atoms with Crippen LogP contribution in [0.2, 0.25) is 0 Å². The van der Waals surface area contributed by atoms with Crippen molar-refractivity contribution in [3.8, 4) is 0 Å². The van der Waals surface area contributed by atoms with Gasteiger partial charge in [0.05, 0.1) is 0 Å². The topological polar surface area (TPSA) is 80.3 Å². The molecule has 0 aromatic heterocycles. The van der Waals surface area contributed by atoms with Gasteiger partial charge in [0.1, 0.15) is 0 Å². The molecule has 0 radical (unpaired) electrons. The molecule has 0 N–H and O–H groups in total. The molecule has 1 aliphatic rings. The number of rotatable bonds is 2. The second-order valence-electron chi connectivity index (χ2n) is 2.20. The van der Waals surface area contributed by atoms with E-state index >= 15 is 0 Å². The van der Waals surface area contributed by atoms with Crippen molar-refractivity contribution >= 4 is 22.2 Å². The maximum atomic E-state index is 10.5. The molecule has 0 fully saturated rings. The maximum absolute atomic E-state index is 10.5. The van der Waals surface area contributed by atoms with Crippen molar-refractivity contribution in [1.29, 1.82) is 0 Å². The van der Waals surface area contributed by atoms with Crippen LogP contribution in [0.25, 0.3) is 0 Å². The van der Waals surface area contributed by atoms with Crippen LogP contribution in [0.15, 0.2) is 22.0 Å². The van der Waals surface area contributed by atoms with Gasteiger partial charge in [0.25, 0.3) is 0 Å². The number of hydrogen-bond acceptors (Lipinski definition) is 4. The Labute approximate surface area is 74.9 Å². The van der Waals surface area contributed by atoms with Crippen molar-refractivity contribution in [3.63, 3.8) is 0 Å². The molecule has 12 heavy (non-hydrogen) atoms. The molecular weight excluding hydrogens is 200 g/mol. The quantitative estimate of drug-likeness (QED) is 0.609. The Kier molecular flexibility index (Phi) is 3.33. The smallest absolute Gasteiger partial charge is 0.0354 e. The molecule has 0 bridgehead atoms. The van der Waals surface area contributed by atoms with Crippen LogP contribution in [0.1, 0.15) is 12.8 Å². The van der Waals surface area contributed by atoms with Gasteiger partial charge in [-0.1, -0.05) is 12.2 Å². The lowest BCUT2D eigenvalue weighted by Gasteiger charge is -2.19. The lowest BCUT2D eigenvalue weighted by atomic mass is 10.2. The van der Waals surface area contributed by atoms with Crippen LogP contribution in [0.5, 0.6) is 0 Å². The van der Waals surface area contributed by atoms with Crippen molar-refractivity contribution in [3.05, 3.63) is 22.0 Å². The zero-order chi connectivity index (χ0) is 9.14. The minimum absolute atomic E-state index is 0.0224. The Hall–Kier alpha value is -0.300. The van der Waals surface area contributed by atoms with E-state index in [1.54, 1.807) is 6.08 Å². The SMILES string of the molecule is O=S([O-])C1=C(S(=O)[O-])CCC=C1. The minimum Gasteiger partial charge on any atom is -0.769 e. The number of hydrogen-bond donors (Lipinski definition) is 0. The molecule has 0 aromatic carbocycles. The van der Waals surface area contributed by atoms with Gasteiger partial charge in [-0.3, -0.25) is 8.42 Å². The van der Waals surface area contributed by atoms with Gasteiger partial charge in [-0.05, 0) is 35.0 Å². The Bertz CT molecular complexity index is 292. The second-order valence-corrected chi connectivity index (χ2v) is 4.07. The minimum atomic E-state index is -2.45. The zero-order valence-corrected chi connectivity index (χ0v) is 7.65. The van der Waals surface area contributed by atoms with Crippen LogP contribution < -0.4 is 0 Å². The highest BCUT2D eigenvalue weighted by Gasteiger charge is 2.08. The van der Waals surface area contributed by atoms with E-state index in [1.165, 1.54) is 6.08 Å². The molecule has 1 rings (SSSR count). The number of allylic oxidation sites excluding steroid dienone is 3. The Balaban J connectivity index is 3.08. The third-order valence-corrected chi connectivity index (χ3v) is 3.16. The van der Waals surface area contributed by atoms with Crippen molar-refractivity contribution < 1.29 is 17.5 Å². The summed E-state index contributed by atoms with van der Waals surface area (Å²) in [7, 11) is 0. The highest BCUT2D eigenvalue weighted by Crippen LogP contribution is 2.22. The summed E-state index contributed by atoms with van der Waals surface area (Å²) in [5, 5.41) is 0. The Morgan fingerprint density at radius 1 is 1.25 bits per heavy atom. The third-order valence-electron chi connectivity index (χ3n) is 1.46. The summed E-state index contributed by atoms with van der Waals surface area (Å²) in [5.74, 6) is 0. The first-order valence-electron chi connectivity index (χ1n) is 3.21. The maximum Gasteiger partial charge on any atom is 0.0354 e. The zero-order valence-electron chi connectivity index (χ0n) is 6.02. The molecule has 0 saturated carbocycles. The summed E-state index contributed by atoms with van der Waals surface area (Å²) in [6.07, 6.45) is 3.80. The molecule has 0 aromatic rings. The van der Waals surface area contributed by atoms with Crippen LogP contribution in [-0.2, 0) is 22.2 Å². The Morgan fingerprint density at radius 3 is 2.33 bits per heavy atom. The van der Waals surface area contributed by atoms with Crippen molar-refractivity contribution in [2.24, 2.45) is 0 Å². The first kappa shape index (κ1) is 9.79. The van der Waals surface area contributed by atoms with Gasteiger partial charge in [0, 0.05) is 9.81 Å². The molecule has 0 amide bonds. The first-order chi connectivity index (χ1) is 5.63. The molecule has 0 heterocycles. The van der Waals surface area contributed by atoms with E-state index in [1.807, 2.05) is 0 Å².